The number of benzene rings is 1. The van der Waals surface area contributed by atoms with Crippen LogP contribution in [-0.4, -0.2) is 61.4 Å². The van der Waals surface area contributed by atoms with Gasteiger partial charge in [0.1, 0.15) is 0 Å². The van der Waals surface area contributed by atoms with Crippen molar-refractivity contribution in [3.63, 3.8) is 0 Å². The Kier molecular flexibility index (Phi) is 4.82. The van der Waals surface area contributed by atoms with Crippen molar-refractivity contribution < 1.29 is 18.3 Å². The van der Waals surface area contributed by atoms with Crippen molar-refractivity contribution in [3.05, 3.63) is 42.2 Å². The molecule has 0 amide bonds. The molecule has 0 spiro atoms. The lowest BCUT2D eigenvalue weighted by molar-refractivity contribution is 0.0690. The summed E-state index contributed by atoms with van der Waals surface area (Å²) < 4.78 is 23.1. The monoisotopic (exact) mass is 376 g/mol. The van der Waals surface area contributed by atoms with Gasteiger partial charge in [0.15, 0.2) is 15.5 Å². The van der Waals surface area contributed by atoms with Gasteiger partial charge in [-0.3, -0.25) is 0 Å². The summed E-state index contributed by atoms with van der Waals surface area (Å²) in [5.74, 6) is -0.671. The third-order valence-electron chi connectivity index (χ3n) is 4.38. The van der Waals surface area contributed by atoms with E-state index < -0.39 is 15.8 Å². The first kappa shape index (κ1) is 18.1. The Morgan fingerprint density at radius 3 is 2.46 bits per heavy atom. The molecule has 0 aliphatic carbocycles. The Bertz CT molecular complexity index is 915. The quantitative estimate of drug-likeness (QED) is 0.851. The topological polar surface area (TPSA) is 104 Å². The van der Waals surface area contributed by atoms with Gasteiger partial charge in [-0.25, -0.2) is 23.2 Å². The van der Waals surface area contributed by atoms with Crippen molar-refractivity contribution in [2.24, 2.45) is 0 Å². The van der Waals surface area contributed by atoms with E-state index in [0.29, 0.717) is 30.5 Å². The smallest absolute Gasteiger partial charge is 0.354 e. The molecule has 1 saturated heterocycles. The third kappa shape index (κ3) is 3.77. The van der Waals surface area contributed by atoms with Gasteiger partial charge < -0.3 is 14.9 Å². The zero-order chi connectivity index (χ0) is 18.9. The summed E-state index contributed by atoms with van der Waals surface area (Å²) in [7, 11) is -3.21. The molecule has 1 aliphatic heterocycles. The van der Waals surface area contributed by atoms with Gasteiger partial charge in [0.2, 0.25) is 5.95 Å². The zero-order valence-corrected chi connectivity index (χ0v) is 15.3. The van der Waals surface area contributed by atoms with Crippen LogP contribution in [0.25, 0.3) is 0 Å². The van der Waals surface area contributed by atoms with Gasteiger partial charge in [0, 0.05) is 43.8 Å². The minimum Gasteiger partial charge on any atom is -0.477 e. The van der Waals surface area contributed by atoms with E-state index in [9.17, 15) is 13.2 Å². The van der Waals surface area contributed by atoms with E-state index in [1.165, 1.54) is 18.5 Å². The Hall–Kier alpha value is -2.68. The molecule has 8 nitrogen and oxygen atoms in total. The summed E-state index contributed by atoms with van der Waals surface area (Å²) >= 11 is 0. The Labute approximate surface area is 152 Å². The molecular formula is C17H20N4O4S. The molecule has 0 radical (unpaired) electrons. The van der Waals surface area contributed by atoms with Gasteiger partial charge in [0.25, 0.3) is 0 Å². The first-order chi connectivity index (χ1) is 12.3. The largest absolute Gasteiger partial charge is 0.477 e. The number of sulfone groups is 1. The van der Waals surface area contributed by atoms with E-state index in [1.54, 1.807) is 24.3 Å². The fourth-order valence-corrected chi connectivity index (χ4v) is 3.63. The lowest BCUT2D eigenvalue weighted by Gasteiger charge is -2.41. The maximum Gasteiger partial charge on any atom is 0.354 e. The first-order valence-corrected chi connectivity index (χ1v) is 10.0. The molecule has 0 saturated carbocycles. The number of piperazine rings is 1. The van der Waals surface area contributed by atoms with Crippen LogP contribution in [0.3, 0.4) is 0 Å². The standard InChI is InChI=1S/C17H20N4O4S/c1-12-11-20(13-3-5-14(6-4-13)26(2,24)25)9-10-21(12)17-18-8-7-15(19-17)16(22)23/h3-8,12H,9-11H2,1-2H3,(H,22,23). The van der Waals surface area contributed by atoms with Crippen molar-refractivity contribution >= 4 is 27.4 Å². The molecule has 2 heterocycles. The maximum atomic E-state index is 11.6. The third-order valence-corrected chi connectivity index (χ3v) is 5.50. The van der Waals surface area contributed by atoms with Gasteiger partial charge in [-0.15, -0.1) is 0 Å². The lowest BCUT2D eigenvalue weighted by Crippen LogP contribution is -2.52. The predicted molar refractivity (Wildman–Crippen MR) is 97.6 cm³/mol. The Balaban J connectivity index is 1.74. The summed E-state index contributed by atoms with van der Waals surface area (Å²) in [5, 5.41) is 9.08. The van der Waals surface area contributed by atoms with E-state index in [0.717, 1.165) is 5.69 Å². The SMILES string of the molecule is CC1CN(c2ccc(S(C)(=O)=O)cc2)CCN1c1nccc(C(=O)O)n1. The minimum atomic E-state index is -3.21. The van der Waals surface area contributed by atoms with Crippen molar-refractivity contribution in [2.45, 2.75) is 17.9 Å². The molecule has 0 bridgehead atoms. The van der Waals surface area contributed by atoms with E-state index >= 15 is 0 Å². The molecule has 1 aliphatic rings. The van der Waals surface area contributed by atoms with Gasteiger partial charge in [0.05, 0.1) is 4.90 Å². The number of nitrogens with zero attached hydrogens (tertiary/aromatic N) is 4. The number of carboxylic acid groups (broad SMARTS) is 1. The number of rotatable bonds is 4. The predicted octanol–water partition coefficient (Wildman–Crippen LogP) is 1.29. The average molecular weight is 376 g/mol. The molecule has 1 atom stereocenters. The van der Waals surface area contributed by atoms with Crippen LogP contribution >= 0.6 is 0 Å². The number of anilines is 2. The number of aromatic nitrogens is 2. The van der Waals surface area contributed by atoms with Crippen LogP contribution in [0.15, 0.2) is 41.4 Å². The fraction of sp³-hybridized carbons (Fsp3) is 0.353. The average Bonchev–Trinajstić information content (AvgIpc) is 2.61. The molecular weight excluding hydrogens is 356 g/mol. The normalized spacial score (nSPS) is 18.0. The Morgan fingerprint density at radius 1 is 1.19 bits per heavy atom. The van der Waals surface area contributed by atoms with E-state index in [-0.39, 0.29) is 11.7 Å². The van der Waals surface area contributed by atoms with Crippen LogP contribution in [0.1, 0.15) is 17.4 Å². The summed E-state index contributed by atoms with van der Waals surface area (Å²) in [6.45, 7) is 4.05. The van der Waals surface area contributed by atoms with Crippen molar-refractivity contribution in [1.29, 1.82) is 0 Å². The van der Waals surface area contributed by atoms with Crippen LogP contribution in [0.5, 0.6) is 0 Å². The molecule has 3 rings (SSSR count). The molecule has 138 valence electrons. The second kappa shape index (κ2) is 6.91. The number of carboxylic acids is 1. The molecule has 1 aromatic carbocycles. The molecule has 9 heteroatoms. The number of aromatic carboxylic acids is 1. The van der Waals surface area contributed by atoms with Crippen molar-refractivity contribution in [2.75, 3.05) is 35.7 Å². The van der Waals surface area contributed by atoms with Crippen LogP contribution in [0.4, 0.5) is 11.6 Å². The van der Waals surface area contributed by atoms with Gasteiger partial charge in [-0.05, 0) is 37.3 Å². The highest BCUT2D eigenvalue weighted by Crippen LogP contribution is 2.23. The molecule has 26 heavy (non-hydrogen) atoms. The summed E-state index contributed by atoms with van der Waals surface area (Å²) in [6, 6.07) is 8.28. The summed E-state index contributed by atoms with van der Waals surface area (Å²) in [4.78, 5) is 23.8. The number of hydrogen-bond acceptors (Lipinski definition) is 7. The molecule has 1 aromatic heterocycles. The van der Waals surface area contributed by atoms with E-state index in [2.05, 4.69) is 14.9 Å². The number of carbonyl (C=O) groups is 1. The van der Waals surface area contributed by atoms with Crippen LogP contribution in [0.2, 0.25) is 0 Å². The molecule has 1 fully saturated rings. The Morgan fingerprint density at radius 2 is 1.88 bits per heavy atom. The molecule has 1 unspecified atom stereocenters. The second-order valence-corrected chi connectivity index (χ2v) is 8.32. The van der Waals surface area contributed by atoms with Crippen molar-refractivity contribution in [1.82, 2.24) is 9.97 Å². The van der Waals surface area contributed by atoms with Crippen LogP contribution in [-0.2, 0) is 9.84 Å². The first-order valence-electron chi connectivity index (χ1n) is 8.14. The van der Waals surface area contributed by atoms with Gasteiger partial charge in [-0.2, -0.15) is 0 Å². The van der Waals surface area contributed by atoms with E-state index in [4.69, 9.17) is 5.11 Å². The zero-order valence-electron chi connectivity index (χ0n) is 14.5. The summed E-state index contributed by atoms with van der Waals surface area (Å²) in [6.07, 6.45) is 2.64. The maximum absolute atomic E-state index is 11.6. The van der Waals surface area contributed by atoms with Crippen molar-refractivity contribution in [3.8, 4) is 0 Å². The van der Waals surface area contributed by atoms with E-state index in [1.807, 2.05) is 11.8 Å². The highest BCUT2D eigenvalue weighted by atomic mass is 32.2. The number of hydrogen-bond donors (Lipinski definition) is 1. The second-order valence-electron chi connectivity index (χ2n) is 6.30. The fourth-order valence-electron chi connectivity index (χ4n) is 3.00. The molecule has 2 aromatic rings. The highest BCUT2D eigenvalue weighted by molar-refractivity contribution is 7.90. The van der Waals surface area contributed by atoms with Crippen LogP contribution in [0, 0.1) is 0 Å². The lowest BCUT2D eigenvalue weighted by atomic mass is 10.1. The van der Waals surface area contributed by atoms with Gasteiger partial charge >= 0.3 is 5.97 Å². The highest BCUT2D eigenvalue weighted by Gasteiger charge is 2.26. The minimum absolute atomic E-state index is 0.0269. The summed E-state index contributed by atoms with van der Waals surface area (Å²) in [5.41, 5.74) is 0.921. The van der Waals surface area contributed by atoms with Gasteiger partial charge in [-0.1, -0.05) is 0 Å². The van der Waals surface area contributed by atoms with Crippen LogP contribution < -0.4 is 9.80 Å². The molecule has 1 N–H and O–H groups in total.